The SMILES string of the molecule is COCCOCCOCCOC1CCN(C(=O)[C@H](c2ccc(OCCO[Si](C)(C)C(C)(C)C)cc2)N(C(=O)O)C(C)(C)C)C1. The average molecular weight is 641 g/mol. The van der Waals surface area contributed by atoms with Crippen molar-refractivity contribution in [1.82, 2.24) is 9.80 Å². The molecule has 12 heteroatoms. The number of hydrogen-bond donors (Lipinski definition) is 1. The third kappa shape index (κ3) is 11.9. The Balaban J connectivity index is 2.00. The highest BCUT2D eigenvalue weighted by Crippen LogP contribution is 2.36. The summed E-state index contributed by atoms with van der Waals surface area (Å²) in [5.74, 6) is 0.365. The van der Waals surface area contributed by atoms with Crippen LogP contribution in [-0.2, 0) is 28.2 Å². The van der Waals surface area contributed by atoms with Crippen molar-refractivity contribution in [2.75, 3.05) is 73.1 Å². The molecule has 0 radical (unpaired) electrons. The minimum atomic E-state index is -1.86. The molecule has 1 aromatic carbocycles. The van der Waals surface area contributed by atoms with E-state index >= 15 is 0 Å². The van der Waals surface area contributed by atoms with Gasteiger partial charge < -0.3 is 38.1 Å². The van der Waals surface area contributed by atoms with Gasteiger partial charge in [-0.05, 0) is 63.0 Å². The van der Waals surface area contributed by atoms with Crippen LogP contribution in [0.4, 0.5) is 4.79 Å². The minimum Gasteiger partial charge on any atom is -0.491 e. The molecule has 1 aromatic rings. The first-order valence-corrected chi connectivity index (χ1v) is 18.4. The van der Waals surface area contributed by atoms with Gasteiger partial charge in [-0.3, -0.25) is 9.69 Å². The number of carbonyl (C=O) groups is 2. The van der Waals surface area contributed by atoms with Gasteiger partial charge in [-0.1, -0.05) is 32.9 Å². The predicted molar refractivity (Wildman–Crippen MR) is 172 cm³/mol. The molecule has 0 bridgehead atoms. The van der Waals surface area contributed by atoms with Gasteiger partial charge in [-0.15, -0.1) is 0 Å². The third-order valence-corrected chi connectivity index (χ3v) is 12.6. The highest BCUT2D eigenvalue weighted by atomic mass is 28.4. The summed E-state index contributed by atoms with van der Waals surface area (Å²) in [5.41, 5.74) is -0.231. The lowest BCUT2D eigenvalue weighted by Gasteiger charge is -2.40. The molecule has 1 aliphatic heterocycles. The van der Waals surface area contributed by atoms with E-state index < -0.39 is 26.0 Å². The molecular weight excluding hydrogens is 584 g/mol. The maximum atomic E-state index is 14.0. The number of amides is 2. The smallest absolute Gasteiger partial charge is 0.408 e. The molecule has 1 saturated heterocycles. The Bertz CT molecular complexity index is 1010. The van der Waals surface area contributed by atoms with Gasteiger partial charge in [-0.25, -0.2) is 4.79 Å². The van der Waals surface area contributed by atoms with E-state index in [0.717, 1.165) is 0 Å². The highest BCUT2D eigenvalue weighted by Gasteiger charge is 2.42. The Kier molecular flexibility index (Phi) is 15.1. The predicted octanol–water partition coefficient (Wildman–Crippen LogP) is 5.20. The maximum absolute atomic E-state index is 14.0. The Morgan fingerprint density at radius 3 is 2.07 bits per heavy atom. The first-order chi connectivity index (χ1) is 20.6. The second kappa shape index (κ2) is 17.5. The topological polar surface area (TPSA) is 116 Å². The lowest BCUT2D eigenvalue weighted by atomic mass is 9.97. The second-order valence-corrected chi connectivity index (χ2v) is 18.3. The zero-order valence-corrected chi connectivity index (χ0v) is 29.3. The van der Waals surface area contributed by atoms with Crippen molar-refractivity contribution in [2.45, 2.75) is 83.8 Å². The van der Waals surface area contributed by atoms with E-state index in [-0.39, 0.29) is 17.0 Å². The van der Waals surface area contributed by atoms with Gasteiger partial charge in [0.05, 0.1) is 52.4 Å². The van der Waals surface area contributed by atoms with E-state index in [0.29, 0.717) is 83.7 Å². The van der Waals surface area contributed by atoms with Crippen LogP contribution >= 0.6 is 0 Å². The van der Waals surface area contributed by atoms with Crippen LogP contribution in [-0.4, -0.2) is 120 Å². The Morgan fingerprint density at radius 2 is 1.52 bits per heavy atom. The first-order valence-electron chi connectivity index (χ1n) is 15.5. The molecule has 252 valence electrons. The van der Waals surface area contributed by atoms with E-state index in [4.69, 9.17) is 28.1 Å². The second-order valence-electron chi connectivity index (χ2n) is 13.5. The van der Waals surface area contributed by atoms with Gasteiger partial charge in [0, 0.05) is 25.7 Å². The first kappa shape index (κ1) is 38.0. The summed E-state index contributed by atoms with van der Waals surface area (Å²) in [6.07, 6.45) is -0.627. The van der Waals surface area contributed by atoms with Gasteiger partial charge in [0.25, 0.3) is 0 Å². The van der Waals surface area contributed by atoms with Crippen LogP contribution in [0.15, 0.2) is 24.3 Å². The Hall–Kier alpha value is -2.22. The third-order valence-electron chi connectivity index (χ3n) is 8.08. The number of carboxylic acid groups (broad SMARTS) is 1. The van der Waals surface area contributed by atoms with Crippen molar-refractivity contribution in [3.8, 4) is 5.75 Å². The summed E-state index contributed by atoms with van der Waals surface area (Å²) in [6.45, 7) is 21.0. The van der Waals surface area contributed by atoms with Crippen LogP contribution in [0.25, 0.3) is 0 Å². The van der Waals surface area contributed by atoms with E-state index in [1.165, 1.54) is 4.90 Å². The normalized spacial score (nSPS) is 16.7. The fourth-order valence-corrected chi connectivity index (χ4v) is 5.61. The number of rotatable bonds is 18. The van der Waals surface area contributed by atoms with Crippen molar-refractivity contribution in [1.29, 1.82) is 0 Å². The molecule has 1 fully saturated rings. The summed E-state index contributed by atoms with van der Waals surface area (Å²) in [7, 11) is -0.236. The van der Waals surface area contributed by atoms with Crippen LogP contribution in [0.2, 0.25) is 18.1 Å². The summed E-state index contributed by atoms with van der Waals surface area (Å²) in [5, 5.41) is 10.3. The molecule has 1 N–H and O–H groups in total. The standard InChI is InChI=1S/C32H56N2O9Si/c1-31(2,3)34(30(36)37)28(25-10-12-26(13-11-25)41-22-23-43-44(8,9)32(4,5)6)29(35)33-15-14-27(24-33)42-21-20-40-19-18-39-17-16-38-7/h10-13,27-28H,14-24H2,1-9H3,(H,36,37)/t27?,28-/m0/s1. The number of nitrogens with zero attached hydrogens (tertiary/aromatic N) is 2. The van der Waals surface area contributed by atoms with Crippen molar-refractivity contribution >= 4 is 20.3 Å². The van der Waals surface area contributed by atoms with E-state index in [2.05, 4.69) is 33.9 Å². The van der Waals surface area contributed by atoms with Gasteiger partial charge >= 0.3 is 6.09 Å². The monoisotopic (exact) mass is 640 g/mol. The quantitative estimate of drug-likeness (QED) is 0.171. The van der Waals surface area contributed by atoms with Crippen LogP contribution in [0.3, 0.4) is 0 Å². The minimum absolute atomic E-state index is 0.120. The van der Waals surface area contributed by atoms with Crippen molar-refractivity contribution in [3.63, 3.8) is 0 Å². The largest absolute Gasteiger partial charge is 0.491 e. The zero-order chi connectivity index (χ0) is 33.0. The van der Waals surface area contributed by atoms with Gasteiger partial charge in [0.2, 0.25) is 5.91 Å². The van der Waals surface area contributed by atoms with E-state index in [9.17, 15) is 14.7 Å². The molecule has 1 unspecified atom stereocenters. The molecular formula is C32H56N2O9Si. The van der Waals surface area contributed by atoms with Gasteiger partial charge in [-0.2, -0.15) is 0 Å². The molecule has 2 rings (SSSR count). The molecule has 1 heterocycles. The summed E-state index contributed by atoms with van der Waals surface area (Å²) in [6, 6.07) is 6.10. The van der Waals surface area contributed by atoms with E-state index in [1.54, 1.807) is 57.0 Å². The molecule has 2 amide bonds. The number of carbonyl (C=O) groups excluding carboxylic acids is 1. The lowest BCUT2D eigenvalue weighted by Crippen LogP contribution is -2.52. The molecule has 1 aliphatic rings. The van der Waals surface area contributed by atoms with Crippen molar-refractivity contribution in [2.24, 2.45) is 0 Å². The fraction of sp³-hybridized carbons (Fsp3) is 0.750. The Morgan fingerprint density at radius 1 is 0.932 bits per heavy atom. The van der Waals surface area contributed by atoms with Crippen LogP contribution in [0.5, 0.6) is 5.75 Å². The highest BCUT2D eigenvalue weighted by molar-refractivity contribution is 6.74. The number of hydrogen-bond acceptors (Lipinski definition) is 8. The number of benzene rings is 1. The van der Waals surface area contributed by atoms with Crippen molar-refractivity contribution in [3.05, 3.63) is 29.8 Å². The van der Waals surface area contributed by atoms with Crippen LogP contribution in [0.1, 0.15) is 59.6 Å². The number of likely N-dealkylation sites (tertiary alicyclic amines) is 1. The van der Waals surface area contributed by atoms with Gasteiger partial charge in [0.1, 0.15) is 18.4 Å². The zero-order valence-electron chi connectivity index (χ0n) is 28.3. The van der Waals surface area contributed by atoms with Crippen LogP contribution < -0.4 is 4.74 Å². The Labute approximate surface area is 265 Å². The fourth-order valence-electron chi connectivity index (χ4n) is 4.58. The molecule has 0 aliphatic carbocycles. The molecule has 0 saturated carbocycles. The lowest BCUT2D eigenvalue weighted by molar-refractivity contribution is -0.138. The van der Waals surface area contributed by atoms with Crippen LogP contribution in [0, 0.1) is 0 Å². The molecule has 0 aromatic heterocycles. The summed E-state index contributed by atoms with van der Waals surface area (Å²) < 4.78 is 33.9. The summed E-state index contributed by atoms with van der Waals surface area (Å²) >= 11 is 0. The molecule has 2 atom stereocenters. The molecule has 44 heavy (non-hydrogen) atoms. The van der Waals surface area contributed by atoms with Crippen molar-refractivity contribution < 1.29 is 42.8 Å². The summed E-state index contributed by atoms with van der Waals surface area (Å²) in [4.78, 5) is 29.4. The number of ether oxygens (including phenoxy) is 5. The molecule has 0 spiro atoms. The average Bonchev–Trinajstić information content (AvgIpc) is 3.40. The maximum Gasteiger partial charge on any atom is 0.408 e. The van der Waals surface area contributed by atoms with Gasteiger partial charge in [0.15, 0.2) is 8.32 Å². The number of methoxy groups -OCH3 is 1. The molecule has 11 nitrogen and oxygen atoms in total. The van der Waals surface area contributed by atoms with E-state index in [1.807, 2.05) is 0 Å².